The normalized spacial score (nSPS) is 11.6. The molecule has 1 aromatic heterocycles. The molecule has 0 bridgehead atoms. The van der Waals surface area contributed by atoms with Crippen LogP contribution in [-0.4, -0.2) is 6.09 Å². The molecule has 22 heavy (non-hydrogen) atoms. The van der Waals surface area contributed by atoms with Gasteiger partial charge in [-0.15, -0.1) is 0 Å². The Bertz CT molecular complexity index is 631. The number of hydrogen-bond donors (Lipinski definition) is 1. The summed E-state index contributed by atoms with van der Waals surface area (Å²) in [5.74, 6) is 0.558. The van der Waals surface area contributed by atoms with Crippen molar-refractivity contribution in [3.8, 4) is 0 Å². The summed E-state index contributed by atoms with van der Waals surface area (Å²) in [5, 5.41) is 2.35. The van der Waals surface area contributed by atoms with Crippen molar-refractivity contribution >= 4 is 12.2 Å². The largest absolute Gasteiger partial charge is 0.465 e. The van der Waals surface area contributed by atoms with E-state index in [2.05, 4.69) is 5.32 Å². The number of amides is 1. The lowest BCUT2D eigenvalue weighted by Crippen LogP contribution is -2.18. The predicted octanol–water partition coefficient (Wildman–Crippen LogP) is 4.20. The molecule has 0 spiro atoms. The molecular weight excluding hydrogens is 299 g/mol. The van der Waals surface area contributed by atoms with Gasteiger partial charge in [-0.05, 0) is 35.9 Å². The molecule has 1 heterocycles. The van der Waals surface area contributed by atoms with E-state index in [9.17, 15) is 18.0 Å². The van der Waals surface area contributed by atoms with E-state index in [4.69, 9.17) is 9.15 Å². The Morgan fingerprint density at radius 3 is 2.55 bits per heavy atom. The van der Waals surface area contributed by atoms with Gasteiger partial charge in [-0.2, -0.15) is 13.2 Å². The third kappa shape index (κ3) is 4.69. The zero-order valence-electron chi connectivity index (χ0n) is 11.3. The molecule has 0 radical (unpaired) electrons. The van der Waals surface area contributed by atoms with Crippen LogP contribution in [0.25, 0.3) is 6.08 Å². The van der Waals surface area contributed by atoms with Gasteiger partial charge in [0, 0.05) is 6.20 Å². The van der Waals surface area contributed by atoms with Crippen LogP contribution in [0, 0.1) is 0 Å². The van der Waals surface area contributed by atoms with Crippen LogP contribution in [0.2, 0.25) is 0 Å². The highest BCUT2D eigenvalue weighted by molar-refractivity contribution is 5.69. The zero-order chi connectivity index (χ0) is 16.0. The fourth-order valence-corrected chi connectivity index (χ4v) is 1.56. The quantitative estimate of drug-likeness (QED) is 0.921. The third-order valence-electron chi connectivity index (χ3n) is 2.64. The molecule has 0 saturated heterocycles. The molecule has 0 saturated carbocycles. The molecule has 0 unspecified atom stereocenters. The summed E-state index contributed by atoms with van der Waals surface area (Å²) in [4.78, 5) is 11.4. The summed E-state index contributed by atoms with van der Waals surface area (Å²) in [6, 6.07) is 7.79. The highest BCUT2D eigenvalue weighted by Crippen LogP contribution is 2.29. The first-order valence-electron chi connectivity index (χ1n) is 6.24. The van der Waals surface area contributed by atoms with Crippen LogP contribution < -0.4 is 5.32 Å². The van der Waals surface area contributed by atoms with E-state index in [0.29, 0.717) is 11.3 Å². The van der Waals surface area contributed by atoms with E-state index in [1.54, 1.807) is 12.1 Å². The maximum Gasteiger partial charge on any atom is 0.416 e. The monoisotopic (exact) mass is 311 g/mol. The third-order valence-corrected chi connectivity index (χ3v) is 2.64. The first kappa shape index (κ1) is 15.7. The van der Waals surface area contributed by atoms with Crippen LogP contribution in [-0.2, 0) is 17.5 Å². The minimum Gasteiger partial charge on any atom is -0.465 e. The highest BCUT2D eigenvalue weighted by atomic mass is 19.4. The molecule has 0 atom stereocenters. The van der Waals surface area contributed by atoms with Gasteiger partial charge in [0.25, 0.3) is 0 Å². The van der Waals surface area contributed by atoms with Crippen LogP contribution in [0.3, 0.4) is 0 Å². The molecule has 1 amide bonds. The molecule has 0 fully saturated rings. The molecule has 2 rings (SSSR count). The van der Waals surface area contributed by atoms with Crippen molar-refractivity contribution < 1.29 is 27.1 Å². The zero-order valence-corrected chi connectivity index (χ0v) is 11.3. The average molecular weight is 311 g/mol. The van der Waals surface area contributed by atoms with Crippen molar-refractivity contribution in [3.63, 3.8) is 0 Å². The van der Waals surface area contributed by atoms with Crippen molar-refractivity contribution in [2.75, 3.05) is 0 Å². The van der Waals surface area contributed by atoms with Gasteiger partial charge in [-0.25, -0.2) is 4.79 Å². The number of alkyl halides is 3. The van der Waals surface area contributed by atoms with E-state index >= 15 is 0 Å². The lowest BCUT2D eigenvalue weighted by molar-refractivity contribution is -0.137. The Morgan fingerprint density at radius 1 is 1.23 bits per heavy atom. The van der Waals surface area contributed by atoms with Crippen molar-refractivity contribution in [2.24, 2.45) is 0 Å². The first-order chi connectivity index (χ1) is 10.4. The molecule has 2 aromatic rings. The Labute approximate surface area is 124 Å². The fourth-order valence-electron chi connectivity index (χ4n) is 1.56. The van der Waals surface area contributed by atoms with Crippen LogP contribution in [0.5, 0.6) is 0 Å². The van der Waals surface area contributed by atoms with Crippen molar-refractivity contribution in [3.05, 3.63) is 65.7 Å². The lowest BCUT2D eigenvalue weighted by atomic mass is 10.1. The van der Waals surface area contributed by atoms with Gasteiger partial charge in [0.15, 0.2) is 0 Å². The predicted molar refractivity (Wildman–Crippen MR) is 72.5 cm³/mol. The second kappa shape index (κ2) is 6.84. The number of hydrogen-bond acceptors (Lipinski definition) is 3. The Morgan fingerprint density at radius 2 is 1.95 bits per heavy atom. The summed E-state index contributed by atoms with van der Waals surface area (Å²) in [7, 11) is 0. The number of rotatable bonds is 4. The van der Waals surface area contributed by atoms with Gasteiger partial charge >= 0.3 is 12.3 Å². The summed E-state index contributed by atoms with van der Waals surface area (Å²) < 4.78 is 47.0. The van der Waals surface area contributed by atoms with Crippen LogP contribution in [0.1, 0.15) is 16.9 Å². The molecule has 0 aliphatic rings. The fraction of sp³-hybridized carbons (Fsp3) is 0.133. The number of halogens is 3. The molecule has 116 valence electrons. The first-order valence-corrected chi connectivity index (χ1v) is 6.24. The molecule has 4 nitrogen and oxygen atoms in total. The van der Waals surface area contributed by atoms with E-state index in [-0.39, 0.29) is 6.61 Å². The smallest absolute Gasteiger partial charge is 0.416 e. The molecule has 7 heteroatoms. The lowest BCUT2D eigenvalue weighted by Gasteiger charge is -2.08. The summed E-state index contributed by atoms with van der Waals surface area (Å²) in [5.41, 5.74) is -0.291. The molecule has 1 N–H and O–H groups in total. The molecule has 0 aliphatic carbocycles. The number of alkyl carbamates (subject to hydrolysis) is 1. The number of nitrogens with one attached hydrogen (secondary N) is 1. The van der Waals surface area contributed by atoms with E-state index in [0.717, 1.165) is 12.1 Å². The van der Waals surface area contributed by atoms with Crippen molar-refractivity contribution in [1.82, 2.24) is 5.32 Å². The summed E-state index contributed by atoms with van der Waals surface area (Å²) >= 11 is 0. The second-order valence-corrected chi connectivity index (χ2v) is 4.26. The van der Waals surface area contributed by atoms with E-state index in [1.165, 1.54) is 30.7 Å². The number of carbonyl (C=O) groups is 1. The van der Waals surface area contributed by atoms with Gasteiger partial charge in [-0.1, -0.05) is 12.1 Å². The number of carbonyl (C=O) groups excluding carboxylic acids is 1. The van der Waals surface area contributed by atoms with Gasteiger partial charge < -0.3 is 9.15 Å². The maximum absolute atomic E-state index is 12.4. The Kier molecular flexibility index (Phi) is 4.88. The number of benzene rings is 1. The van der Waals surface area contributed by atoms with Crippen LogP contribution >= 0.6 is 0 Å². The average Bonchev–Trinajstić information content (AvgIpc) is 2.98. The SMILES string of the molecule is O=C(NC=Cc1ccco1)OCc1ccc(C(F)(F)F)cc1. The summed E-state index contributed by atoms with van der Waals surface area (Å²) in [6.07, 6.45) is -0.744. The Hall–Kier alpha value is -2.70. The van der Waals surface area contributed by atoms with Crippen molar-refractivity contribution in [2.45, 2.75) is 12.8 Å². The standard InChI is InChI=1S/C15H12F3NO3/c16-15(17,18)12-5-3-11(4-6-12)10-22-14(20)19-8-7-13-2-1-9-21-13/h1-9H,10H2,(H,19,20). The van der Waals surface area contributed by atoms with Gasteiger partial charge in [0.2, 0.25) is 0 Å². The van der Waals surface area contributed by atoms with E-state index in [1.807, 2.05) is 0 Å². The number of ether oxygens (including phenoxy) is 1. The Balaban J connectivity index is 1.78. The minimum absolute atomic E-state index is 0.126. The molecular formula is C15H12F3NO3. The minimum atomic E-state index is -4.38. The van der Waals surface area contributed by atoms with Crippen molar-refractivity contribution in [1.29, 1.82) is 0 Å². The maximum atomic E-state index is 12.4. The van der Waals surface area contributed by atoms with Crippen LogP contribution in [0.15, 0.2) is 53.3 Å². The van der Waals surface area contributed by atoms with Gasteiger partial charge in [-0.3, -0.25) is 5.32 Å². The molecule has 1 aromatic carbocycles. The highest BCUT2D eigenvalue weighted by Gasteiger charge is 2.29. The van der Waals surface area contributed by atoms with Crippen LogP contribution in [0.4, 0.5) is 18.0 Å². The van der Waals surface area contributed by atoms with E-state index < -0.39 is 17.8 Å². The topological polar surface area (TPSA) is 51.5 Å². The summed E-state index contributed by atoms with van der Waals surface area (Å²) in [6.45, 7) is -0.126. The molecule has 0 aliphatic heterocycles. The van der Waals surface area contributed by atoms with Gasteiger partial charge in [0.05, 0.1) is 11.8 Å². The van der Waals surface area contributed by atoms with Gasteiger partial charge in [0.1, 0.15) is 12.4 Å². The second-order valence-electron chi connectivity index (χ2n) is 4.26. The number of furan rings is 1.